The number of aromatic nitrogens is 3. The molecule has 0 radical (unpaired) electrons. The molecule has 1 amide bonds. The van der Waals surface area contributed by atoms with Gasteiger partial charge in [-0.05, 0) is 31.0 Å². The molecule has 1 N–H and O–H groups in total. The molecule has 1 aromatic heterocycles. The first-order chi connectivity index (χ1) is 10.7. The van der Waals surface area contributed by atoms with Crippen molar-refractivity contribution in [2.45, 2.75) is 19.4 Å². The molecular weight excluding hydrogens is 284 g/mol. The van der Waals surface area contributed by atoms with Crippen molar-refractivity contribution in [3.8, 4) is 11.5 Å². The second-order valence-corrected chi connectivity index (χ2v) is 4.78. The summed E-state index contributed by atoms with van der Waals surface area (Å²) in [4.78, 5) is 15.8. The molecular formula is C15H20N4O3. The summed E-state index contributed by atoms with van der Waals surface area (Å²) in [7, 11) is 3.20. The zero-order valence-electron chi connectivity index (χ0n) is 12.9. The molecule has 0 aliphatic carbocycles. The standard InChI is InChI=1S/C15H20N4O3/c1-11(19-10-16-9-18-19)15(20)17-7-6-12-4-5-13(21-2)14(8-12)22-3/h4-5,8-11H,6-7H2,1-3H3,(H,17,20)/t11-/m1/s1. The fourth-order valence-corrected chi connectivity index (χ4v) is 2.05. The number of benzene rings is 1. The van der Waals surface area contributed by atoms with Crippen LogP contribution in [0.3, 0.4) is 0 Å². The van der Waals surface area contributed by atoms with Crippen molar-refractivity contribution in [1.29, 1.82) is 0 Å². The second kappa shape index (κ2) is 7.44. The maximum absolute atomic E-state index is 12.0. The van der Waals surface area contributed by atoms with E-state index in [1.807, 2.05) is 18.2 Å². The third-order valence-corrected chi connectivity index (χ3v) is 3.37. The smallest absolute Gasteiger partial charge is 0.244 e. The lowest BCUT2D eigenvalue weighted by Crippen LogP contribution is -2.32. The van der Waals surface area contributed by atoms with Crippen molar-refractivity contribution in [1.82, 2.24) is 20.1 Å². The Morgan fingerprint density at radius 1 is 1.32 bits per heavy atom. The first-order valence-electron chi connectivity index (χ1n) is 6.98. The van der Waals surface area contributed by atoms with Crippen molar-refractivity contribution in [3.05, 3.63) is 36.4 Å². The molecule has 1 atom stereocenters. The van der Waals surface area contributed by atoms with E-state index < -0.39 is 0 Å². The van der Waals surface area contributed by atoms with Crippen molar-refractivity contribution >= 4 is 5.91 Å². The summed E-state index contributed by atoms with van der Waals surface area (Å²) >= 11 is 0. The number of carbonyl (C=O) groups is 1. The fourth-order valence-electron chi connectivity index (χ4n) is 2.05. The van der Waals surface area contributed by atoms with Gasteiger partial charge in [0.15, 0.2) is 11.5 Å². The summed E-state index contributed by atoms with van der Waals surface area (Å²) in [5.74, 6) is 1.28. The van der Waals surface area contributed by atoms with Gasteiger partial charge in [-0.1, -0.05) is 6.07 Å². The van der Waals surface area contributed by atoms with E-state index in [-0.39, 0.29) is 11.9 Å². The van der Waals surface area contributed by atoms with E-state index >= 15 is 0 Å². The number of hydrogen-bond acceptors (Lipinski definition) is 5. The molecule has 0 fully saturated rings. The topological polar surface area (TPSA) is 78.3 Å². The Morgan fingerprint density at radius 2 is 2.09 bits per heavy atom. The van der Waals surface area contributed by atoms with E-state index in [1.165, 1.54) is 17.3 Å². The van der Waals surface area contributed by atoms with Gasteiger partial charge in [0.2, 0.25) is 5.91 Å². The van der Waals surface area contributed by atoms with Gasteiger partial charge in [-0.3, -0.25) is 4.79 Å². The van der Waals surface area contributed by atoms with Crippen LogP contribution in [0.2, 0.25) is 0 Å². The number of ether oxygens (including phenoxy) is 2. The predicted octanol–water partition coefficient (Wildman–Crippen LogP) is 1.22. The maximum Gasteiger partial charge on any atom is 0.244 e. The number of rotatable bonds is 7. The van der Waals surface area contributed by atoms with Gasteiger partial charge in [0.1, 0.15) is 18.7 Å². The molecule has 1 aromatic carbocycles. The molecule has 0 unspecified atom stereocenters. The Bertz CT molecular complexity index is 613. The van der Waals surface area contributed by atoms with Crippen LogP contribution in [-0.4, -0.2) is 41.4 Å². The molecule has 0 bridgehead atoms. The quantitative estimate of drug-likeness (QED) is 0.832. The van der Waals surface area contributed by atoms with E-state index in [1.54, 1.807) is 21.1 Å². The second-order valence-electron chi connectivity index (χ2n) is 4.78. The number of amides is 1. The highest BCUT2D eigenvalue weighted by atomic mass is 16.5. The summed E-state index contributed by atoms with van der Waals surface area (Å²) in [6.45, 7) is 2.31. The largest absolute Gasteiger partial charge is 0.493 e. The number of methoxy groups -OCH3 is 2. The molecule has 2 aromatic rings. The number of nitrogens with one attached hydrogen (secondary N) is 1. The monoisotopic (exact) mass is 304 g/mol. The maximum atomic E-state index is 12.0. The minimum atomic E-state index is -0.382. The minimum absolute atomic E-state index is 0.0917. The number of hydrogen-bond donors (Lipinski definition) is 1. The SMILES string of the molecule is COc1ccc(CCNC(=O)[C@@H](C)n2cncn2)cc1OC. The van der Waals surface area contributed by atoms with E-state index in [9.17, 15) is 4.79 Å². The van der Waals surface area contributed by atoms with Gasteiger partial charge in [-0.25, -0.2) is 9.67 Å². The van der Waals surface area contributed by atoms with Crippen molar-refractivity contribution in [3.63, 3.8) is 0 Å². The van der Waals surface area contributed by atoms with Gasteiger partial charge in [-0.15, -0.1) is 0 Å². The first-order valence-corrected chi connectivity index (χ1v) is 6.98. The Labute approximate surface area is 129 Å². The highest BCUT2D eigenvalue weighted by Gasteiger charge is 2.14. The highest BCUT2D eigenvalue weighted by Crippen LogP contribution is 2.27. The van der Waals surface area contributed by atoms with Crippen LogP contribution in [-0.2, 0) is 11.2 Å². The highest BCUT2D eigenvalue weighted by molar-refractivity contribution is 5.79. The Morgan fingerprint density at radius 3 is 2.73 bits per heavy atom. The van der Waals surface area contributed by atoms with E-state index in [2.05, 4.69) is 15.4 Å². The van der Waals surface area contributed by atoms with Crippen LogP contribution >= 0.6 is 0 Å². The fraction of sp³-hybridized carbons (Fsp3) is 0.400. The van der Waals surface area contributed by atoms with E-state index in [4.69, 9.17) is 9.47 Å². The Kier molecular flexibility index (Phi) is 5.35. The van der Waals surface area contributed by atoms with Crippen LogP contribution in [0.4, 0.5) is 0 Å². The molecule has 7 nitrogen and oxygen atoms in total. The van der Waals surface area contributed by atoms with Crippen molar-refractivity contribution in [2.24, 2.45) is 0 Å². The Hall–Kier alpha value is -2.57. The molecule has 0 spiro atoms. The van der Waals surface area contributed by atoms with Crippen LogP contribution < -0.4 is 14.8 Å². The van der Waals surface area contributed by atoms with Gasteiger partial charge >= 0.3 is 0 Å². The van der Waals surface area contributed by atoms with Crippen LogP contribution in [0.25, 0.3) is 0 Å². The number of carbonyl (C=O) groups excluding carboxylic acids is 1. The molecule has 0 aliphatic rings. The number of nitrogens with zero attached hydrogens (tertiary/aromatic N) is 3. The molecule has 1 heterocycles. The zero-order chi connectivity index (χ0) is 15.9. The zero-order valence-corrected chi connectivity index (χ0v) is 12.9. The van der Waals surface area contributed by atoms with Gasteiger partial charge in [0.25, 0.3) is 0 Å². The molecule has 7 heteroatoms. The summed E-state index contributed by atoms with van der Waals surface area (Å²) < 4.78 is 12.0. The van der Waals surface area contributed by atoms with Crippen molar-refractivity contribution in [2.75, 3.05) is 20.8 Å². The molecule has 118 valence electrons. The molecule has 22 heavy (non-hydrogen) atoms. The lowest BCUT2D eigenvalue weighted by Gasteiger charge is -2.13. The Balaban J connectivity index is 1.87. The summed E-state index contributed by atoms with van der Waals surface area (Å²) in [5.41, 5.74) is 1.06. The van der Waals surface area contributed by atoms with Gasteiger partial charge in [0, 0.05) is 6.54 Å². The van der Waals surface area contributed by atoms with Gasteiger partial charge < -0.3 is 14.8 Å². The lowest BCUT2D eigenvalue weighted by molar-refractivity contribution is -0.124. The van der Waals surface area contributed by atoms with E-state index in [0.29, 0.717) is 24.5 Å². The molecule has 0 saturated carbocycles. The third-order valence-electron chi connectivity index (χ3n) is 3.37. The normalized spacial score (nSPS) is 11.8. The minimum Gasteiger partial charge on any atom is -0.493 e. The van der Waals surface area contributed by atoms with Crippen LogP contribution in [0.5, 0.6) is 11.5 Å². The first kappa shape index (κ1) is 15.8. The summed E-state index contributed by atoms with van der Waals surface area (Å²) in [5, 5.41) is 6.85. The van der Waals surface area contributed by atoms with Crippen LogP contribution in [0, 0.1) is 0 Å². The van der Waals surface area contributed by atoms with Crippen LogP contribution in [0.1, 0.15) is 18.5 Å². The molecule has 0 saturated heterocycles. The van der Waals surface area contributed by atoms with Crippen molar-refractivity contribution < 1.29 is 14.3 Å². The lowest BCUT2D eigenvalue weighted by atomic mass is 10.1. The van der Waals surface area contributed by atoms with Gasteiger partial charge in [-0.2, -0.15) is 5.10 Å². The van der Waals surface area contributed by atoms with Crippen LogP contribution in [0.15, 0.2) is 30.9 Å². The van der Waals surface area contributed by atoms with Gasteiger partial charge in [0.05, 0.1) is 14.2 Å². The average Bonchev–Trinajstić information content (AvgIpc) is 3.08. The van der Waals surface area contributed by atoms with E-state index in [0.717, 1.165) is 5.56 Å². The predicted molar refractivity (Wildman–Crippen MR) is 81.0 cm³/mol. The molecule has 2 rings (SSSR count). The third kappa shape index (κ3) is 3.75. The average molecular weight is 304 g/mol. The summed E-state index contributed by atoms with van der Waals surface area (Å²) in [6, 6.07) is 5.33. The summed E-state index contributed by atoms with van der Waals surface area (Å²) in [6.07, 6.45) is 3.64. The molecule has 0 aliphatic heterocycles.